The molecule has 0 aliphatic carbocycles. The maximum atomic E-state index is 3.51. The summed E-state index contributed by atoms with van der Waals surface area (Å²) < 4.78 is 1.20. The lowest BCUT2D eigenvalue weighted by Gasteiger charge is -2.07. The normalized spacial score (nSPS) is 22.2. The van der Waals surface area contributed by atoms with Gasteiger partial charge in [-0.3, -0.25) is 0 Å². The topological polar surface area (TPSA) is 12.0 Å². The van der Waals surface area contributed by atoms with Crippen LogP contribution < -0.4 is 5.32 Å². The molecule has 0 fully saturated rings. The van der Waals surface area contributed by atoms with Crippen LogP contribution in [0.15, 0.2) is 22.7 Å². The molecule has 1 atom stereocenters. The van der Waals surface area contributed by atoms with Gasteiger partial charge in [-0.2, -0.15) is 0 Å². The van der Waals surface area contributed by atoms with Gasteiger partial charge in [-0.15, -0.1) is 0 Å². The van der Waals surface area contributed by atoms with Crippen LogP contribution in [0.5, 0.6) is 0 Å². The summed E-state index contributed by atoms with van der Waals surface area (Å²) in [5.41, 5.74) is 2.94. The molecule has 0 bridgehead atoms. The highest BCUT2D eigenvalue weighted by Crippen LogP contribution is 2.20. The minimum absolute atomic E-state index is 0.645. The van der Waals surface area contributed by atoms with Crippen molar-refractivity contribution >= 4 is 15.9 Å². The Morgan fingerprint density at radius 2 is 2.23 bits per heavy atom. The minimum atomic E-state index is 0.645. The molecule has 1 aromatic rings. The summed E-state index contributed by atoms with van der Waals surface area (Å²) in [7, 11) is 0. The highest BCUT2D eigenvalue weighted by Gasteiger charge is 2.11. The van der Waals surface area contributed by atoms with Crippen LogP contribution in [-0.2, 0) is 13.0 Å². The van der Waals surface area contributed by atoms with E-state index in [4.69, 9.17) is 0 Å². The molecule has 1 aliphatic heterocycles. The second kappa shape index (κ2) is 3.81. The molecule has 1 aliphatic rings. The Bertz CT molecular complexity index is 309. The second-order valence-corrected chi connectivity index (χ2v) is 4.65. The first kappa shape index (κ1) is 9.22. The Balaban J connectivity index is 2.30. The van der Waals surface area contributed by atoms with E-state index in [-0.39, 0.29) is 0 Å². The average molecular weight is 240 g/mol. The number of benzene rings is 1. The van der Waals surface area contributed by atoms with Crippen LogP contribution in [0.4, 0.5) is 0 Å². The third kappa shape index (κ3) is 2.12. The quantitative estimate of drug-likeness (QED) is 0.735. The van der Waals surface area contributed by atoms with E-state index in [1.807, 2.05) is 0 Å². The monoisotopic (exact) mass is 239 g/mol. The molecule has 0 spiro atoms. The summed E-state index contributed by atoms with van der Waals surface area (Å²) >= 11 is 3.51. The van der Waals surface area contributed by atoms with Gasteiger partial charge in [0.2, 0.25) is 0 Å². The predicted octanol–water partition coefficient (Wildman–Crippen LogP) is 2.87. The Kier molecular flexibility index (Phi) is 2.70. The SMILES string of the molecule is CC1CCc2cc(Br)ccc2CN1. The molecule has 1 unspecified atom stereocenters. The number of rotatable bonds is 0. The van der Waals surface area contributed by atoms with E-state index in [0.29, 0.717) is 6.04 Å². The van der Waals surface area contributed by atoms with Gasteiger partial charge in [-0.05, 0) is 43.0 Å². The predicted molar refractivity (Wildman–Crippen MR) is 58.8 cm³/mol. The van der Waals surface area contributed by atoms with Crippen LogP contribution in [0.25, 0.3) is 0 Å². The molecular formula is C11H14BrN. The lowest BCUT2D eigenvalue weighted by atomic mass is 10.0. The van der Waals surface area contributed by atoms with Crippen molar-refractivity contribution in [1.29, 1.82) is 0 Å². The molecule has 0 radical (unpaired) electrons. The zero-order valence-corrected chi connectivity index (χ0v) is 9.39. The van der Waals surface area contributed by atoms with Gasteiger partial charge in [0, 0.05) is 17.1 Å². The molecule has 2 heteroatoms. The number of fused-ring (bicyclic) bond motifs is 1. The van der Waals surface area contributed by atoms with Crippen molar-refractivity contribution in [2.24, 2.45) is 0 Å². The number of nitrogens with one attached hydrogen (secondary N) is 1. The summed E-state index contributed by atoms with van der Waals surface area (Å²) in [6.07, 6.45) is 2.44. The fourth-order valence-electron chi connectivity index (χ4n) is 1.76. The lowest BCUT2D eigenvalue weighted by molar-refractivity contribution is 0.534. The molecule has 2 rings (SSSR count). The first-order valence-electron chi connectivity index (χ1n) is 4.76. The third-order valence-corrected chi connectivity index (χ3v) is 3.15. The van der Waals surface area contributed by atoms with Gasteiger partial charge in [-0.1, -0.05) is 22.0 Å². The first-order chi connectivity index (χ1) is 6.25. The number of hydrogen-bond acceptors (Lipinski definition) is 1. The molecule has 1 aromatic carbocycles. The smallest absolute Gasteiger partial charge is 0.0210 e. The first-order valence-corrected chi connectivity index (χ1v) is 5.55. The highest BCUT2D eigenvalue weighted by molar-refractivity contribution is 9.10. The van der Waals surface area contributed by atoms with Crippen molar-refractivity contribution in [3.05, 3.63) is 33.8 Å². The Hall–Kier alpha value is -0.340. The van der Waals surface area contributed by atoms with Gasteiger partial charge in [0.15, 0.2) is 0 Å². The summed E-state index contributed by atoms with van der Waals surface area (Å²) in [4.78, 5) is 0. The van der Waals surface area contributed by atoms with E-state index in [1.54, 1.807) is 0 Å². The third-order valence-electron chi connectivity index (χ3n) is 2.66. The van der Waals surface area contributed by atoms with Crippen LogP contribution in [0.1, 0.15) is 24.5 Å². The van der Waals surface area contributed by atoms with Crippen LogP contribution in [0.2, 0.25) is 0 Å². The van der Waals surface area contributed by atoms with Gasteiger partial charge in [0.1, 0.15) is 0 Å². The van der Waals surface area contributed by atoms with Crippen LogP contribution >= 0.6 is 15.9 Å². The number of halogens is 1. The van der Waals surface area contributed by atoms with Crippen LogP contribution in [0.3, 0.4) is 0 Å². The summed E-state index contributed by atoms with van der Waals surface area (Å²) in [6, 6.07) is 7.22. The fourth-order valence-corrected chi connectivity index (χ4v) is 2.17. The molecule has 0 saturated heterocycles. The maximum absolute atomic E-state index is 3.51. The number of aryl methyl sites for hydroxylation is 1. The lowest BCUT2D eigenvalue weighted by Crippen LogP contribution is -2.23. The zero-order valence-electron chi connectivity index (χ0n) is 7.81. The van der Waals surface area contributed by atoms with Crippen molar-refractivity contribution in [1.82, 2.24) is 5.32 Å². The van der Waals surface area contributed by atoms with E-state index in [0.717, 1.165) is 6.54 Å². The molecule has 0 saturated carbocycles. The van der Waals surface area contributed by atoms with Gasteiger partial charge in [0.25, 0.3) is 0 Å². The molecule has 1 N–H and O–H groups in total. The maximum Gasteiger partial charge on any atom is 0.0210 e. The average Bonchev–Trinajstić information content (AvgIpc) is 2.29. The van der Waals surface area contributed by atoms with Crippen molar-refractivity contribution < 1.29 is 0 Å². The van der Waals surface area contributed by atoms with E-state index in [2.05, 4.69) is 46.4 Å². The second-order valence-electron chi connectivity index (χ2n) is 3.73. The van der Waals surface area contributed by atoms with E-state index < -0.39 is 0 Å². The van der Waals surface area contributed by atoms with Crippen molar-refractivity contribution in [2.75, 3.05) is 0 Å². The Morgan fingerprint density at radius 1 is 1.38 bits per heavy atom. The summed E-state index contributed by atoms with van der Waals surface area (Å²) in [6.45, 7) is 3.27. The summed E-state index contributed by atoms with van der Waals surface area (Å²) in [5.74, 6) is 0. The van der Waals surface area contributed by atoms with Gasteiger partial charge in [-0.25, -0.2) is 0 Å². The van der Waals surface area contributed by atoms with Crippen molar-refractivity contribution in [2.45, 2.75) is 32.4 Å². The van der Waals surface area contributed by atoms with Gasteiger partial charge in [0.05, 0.1) is 0 Å². The van der Waals surface area contributed by atoms with E-state index in [9.17, 15) is 0 Å². The molecule has 0 amide bonds. The molecular weight excluding hydrogens is 226 g/mol. The van der Waals surface area contributed by atoms with Crippen molar-refractivity contribution in [3.63, 3.8) is 0 Å². The summed E-state index contributed by atoms with van der Waals surface area (Å²) in [5, 5.41) is 3.50. The van der Waals surface area contributed by atoms with Gasteiger partial charge >= 0.3 is 0 Å². The number of hydrogen-bond donors (Lipinski definition) is 1. The molecule has 1 nitrogen and oxygen atoms in total. The Labute approximate surface area is 87.7 Å². The highest BCUT2D eigenvalue weighted by atomic mass is 79.9. The fraction of sp³-hybridized carbons (Fsp3) is 0.455. The Morgan fingerprint density at radius 3 is 3.08 bits per heavy atom. The van der Waals surface area contributed by atoms with E-state index >= 15 is 0 Å². The molecule has 70 valence electrons. The minimum Gasteiger partial charge on any atom is -0.310 e. The van der Waals surface area contributed by atoms with Crippen LogP contribution in [-0.4, -0.2) is 6.04 Å². The molecule has 13 heavy (non-hydrogen) atoms. The van der Waals surface area contributed by atoms with Crippen molar-refractivity contribution in [3.8, 4) is 0 Å². The largest absolute Gasteiger partial charge is 0.310 e. The van der Waals surface area contributed by atoms with Crippen LogP contribution in [0, 0.1) is 0 Å². The van der Waals surface area contributed by atoms with E-state index in [1.165, 1.54) is 28.4 Å². The molecule has 1 heterocycles. The molecule has 0 aromatic heterocycles. The van der Waals surface area contributed by atoms with Gasteiger partial charge < -0.3 is 5.32 Å². The standard InChI is InChI=1S/C11H14BrN/c1-8-2-3-9-6-11(12)5-4-10(9)7-13-8/h4-6,8,13H,2-3,7H2,1H3. The zero-order chi connectivity index (χ0) is 9.26.